The first-order chi connectivity index (χ1) is 15.5. The zero-order valence-corrected chi connectivity index (χ0v) is 17.1. The number of aliphatic carboxylic acids is 1. The van der Waals surface area contributed by atoms with Gasteiger partial charge >= 0.3 is 12.1 Å². The van der Waals surface area contributed by atoms with Crippen LogP contribution in [0.5, 0.6) is 0 Å². The van der Waals surface area contributed by atoms with E-state index in [0.29, 0.717) is 5.69 Å². The molecule has 164 valence electrons. The van der Waals surface area contributed by atoms with Crippen LogP contribution in [0.15, 0.2) is 61.1 Å². The van der Waals surface area contributed by atoms with E-state index in [9.17, 15) is 14.4 Å². The number of aromatic amines is 1. The van der Waals surface area contributed by atoms with Gasteiger partial charge in [0.1, 0.15) is 19.2 Å². The highest BCUT2D eigenvalue weighted by Gasteiger charge is 2.30. The summed E-state index contributed by atoms with van der Waals surface area (Å²) >= 11 is 0. The lowest BCUT2D eigenvalue weighted by Crippen LogP contribution is -2.49. The van der Waals surface area contributed by atoms with E-state index in [4.69, 9.17) is 9.84 Å². The van der Waals surface area contributed by atoms with E-state index in [2.05, 4.69) is 20.6 Å². The summed E-state index contributed by atoms with van der Waals surface area (Å²) in [6.07, 6.45) is 2.32. The lowest BCUT2D eigenvalue weighted by molar-refractivity contribution is -0.138. The van der Waals surface area contributed by atoms with Gasteiger partial charge in [0, 0.05) is 24.2 Å². The molecule has 1 aliphatic rings. The van der Waals surface area contributed by atoms with Gasteiger partial charge in [-0.1, -0.05) is 48.5 Å². The molecule has 0 saturated heterocycles. The van der Waals surface area contributed by atoms with E-state index < -0.39 is 30.6 Å². The number of amides is 2. The van der Waals surface area contributed by atoms with Gasteiger partial charge in [0.2, 0.25) is 5.91 Å². The molecule has 0 aliphatic heterocycles. The summed E-state index contributed by atoms with van der Waals surface area (Å²) in [4.78, 5) is 42.5. The maximum absolute atomic E-state index is 12.5. The largest absolute Gasteiger partial charge is 0.480 e. The first-order valence-corrected chi connectivity index (χ1v) is 10.1. The lowest BCUT2D eigenvalue weighted by atomic mass is 9.98. The van der Waals surface area contributed by atoms with Gasteiger partial charge < -0.3 is 25.5 Å². The van der Waals surface area contributed by atoms with E-state index >= 15 is 0 Å². The molecular formula is C23H22N4O5. The summed E-state index contributed by atoms with van der Waals surface area (Å²) < 4.78 is 5.49. The molecule has 1 atom stereocenters. The minimum absolute atomic E-state index is 0.105. The number of carbonyl (C=O) groups excluding carboxylic acids is 2. The number of carboxylic acids is 1. The van der Waals surface area contributed by atoms with Crippen molar-refractivity contribution in [1.29, 1.82) is 0 Å². The van der Waals surface area contributed by atoms with Crippen LogP contribution in [0, 0.1) is 0 Å². The highest BCUT2D eigenvalue weighted by atomic mass is 16.5. The van der Waals surface area contributed by atoms with Crippen molar-refractivity contribution in [3.8, 4) is 11.1 Å². The molecule has 9 nitrogen and oxygen atoms in total. The van der Waals surface area contributed by atoms with Crippen LogP contribution in [-0.4, -0.2) is 52.2 Å². The van der Waals surface area contributed by atoms with E-state index in [1.54, 1.807) is 0 Å². The van der Waals surface area contributed by atoms with Crippen LogP contribution in [0.4, 0.5) is 4.79 Å². The molecule has 1 heterocycles. The third-order valence-corrected chi connectivity index (χ3v) is 5.34. The predicted octanol–water partition coefficient (Wildman–Crippen LogP) is 2.06. The number of aromatic nitrogens is 2. The highest BCUT2D eigenvalue weighted by Crippen LogP contribution is 2.44. The van der Waals surface area contributed by atoms with Crippen LogP contribution in [-0.2, 0) is 20.7 Å². The maximum atomic E-state index is 12.5. The molecule has 0 radical (unpaired) electrons. The van der Waals surface area contributed by atoms with Gasteiger partial charge in [-0.3, -0.25) is 9.59 Å². The maximum Gasteiger partial charge on any atom is 0.407 e. The summed E-state index contributed by atoms with van der Waals surface area (Å²) in [5, 5.41) is 13.6. The molecule has 32 heavy (non-hydrogen) atoms. The quantitative estimate of drug-likeness (QED) is 0.429. The molecule has 2 aromatic carbocycles. The molecule has 0 fully saturated rings. The molecule has 2 amide bonds. The Kier molecular flexibility index (Phi) is 6.16. The number of alkyl carbamates (subject to hydrolysis) is 1. The minimum Gasteiger partial charge on any atom is -0.480 e. The second kappa shape index (κ2) is 9.34. The molecule has 0 bridgehead atoms. The minimum atomic E-state index is -1.18. The number of hydrogen-bond donors (Lipinski definition) is 4. The number of rotatable bonds is 8. The average Bonchev–Trinajstić information content (AvgIpc) is 3.41. The molecule has 4 rings (SSSR count). The van der Waals surface area contributed by atoms with E-state index in [1.165, 1.54) is 12.5 Å². The first kappa shape index (κ1) is 21.1. The number of hydrogen-bond acceptors (Lipinski definition) is 5. The molecule has 4 N–H and O–H groups in total. The second-order valence-corrected chi connectivity index (χ2v) is 7.41. The number of ether oxygens (including phenoxy) is 1. The topological polar surface area (TPSA) is 133 Å². The Hall–Kier alpha value is -4.14. The normalized spacial score (nSPS) is 13.0. The standard InChI is InChI=1S/C23H22N4O5/c28-21(29)11-25-22(30)20(9-14-10-24-13-26-14)27-23(31)32-12-19-17-7-3-1-5-15(17)16-6-2-4-8-18(16)19/h1-8,10,13,19-20H,9,11-12H2,(H,24,26)(H,25,30)(H,27,31)(H,28,29)/t20-/m1/s1. The van der Waals surface area contributed by atoms with Crippen molar-refractivity contribution >= 4 is 18.0 Å². The fourth-order valence-corrected chi connectivity index (χ4v) is 3.89. The number of carboxylic acid groups (broad SMARTS) is 1. The number of carbonyl (C=O) groups is 3. The van der Waals surface area contributed by atoms with Crippen LogP contribution in [0.1, 0.15) is 22.7 Å². The van der Waals surface area contributed by atoms with Crippen molar-refractivity contribution in [2.24, 2.45) is 0 Å². The summed E-state index contributed by atoms with van der Waals surface area (Å²) in [6, 6.07) is 14.9. The summed E-state index contributed by atoms with van der Waals surface area (Å²) in [5.41, 5.74) is 4.99. The molecule has 9 heteroatoms. The fourth-order valence-electron chi connectivity index (χ4n) is 3.89. The van der Waals surface area contributed by atoms with Crippen LogP contribution in [0.3, 0.4) is 0 Å². The average molecular weight is 434 g/mol. The monoisotopic (exact) mass is 434 g/mol. The van der Waals surface area contributed by atoms with Crippen LogP contribution in [0.25, 0.3) is 11.1 Å². The molecule has 3 aromatic rings. The van der Waals surface area contributed by atoms with Gasteiger partial charge in [0.15, 0.2) is 0 Å². The van der Waals surface area contributed by atoms with Gasteiger partial charge in [-0.05, 0) is 22.3 Å². The van der Waals surface area contributed by atoms with Gasteiger partial charge in [-0.15, -0.1) is 0 Å². The molecular weight excluding hydrogens is 412 g/mol. The van der Waals surface area contributed by atoms with Crippen molar-refractivity contribution in [3.05, 3.63) is 77.9 Å². The number of H-pyrrole nitrogens is 1. The Labute approximate surface area is 183 Å². The van der Waals surface area contributed by atoms with Gasteiger partial charge in [0.05, 0.1) is 6.33 Å². The summed E-state index contributed by atoms with van der Waals surface area (Å²) in [5.74, 6) is -1.92. The zero-order chi connectivity index (χ0) is 22.5. The van der Waals surface area contributed by atoms with Crippen molar-refractivity contribution in [1.82, 2.24) is 20.6 Å². The zero-order valence-electron chi connectivity index (χ0n) is 17.1. The first-order valence-electron chi connectivity index (χ1n) is 10.1. The van der Waals surface area contributed by atoms with Crippen LogP contribution in [0.2, 0.25) is 0 Å². The highest BCUT2D eigenvalue weighted by molar-refractivity contribution is 5.88. The Balaban J connectivity index is 1.43. The summed E-state index contributed by atoms with van der Waals surface area (Å²) in [6.45, 7) is -0.446. The Morgan fingerprint density at radius 1 is 1.06 bits per heavy atom. The lowest BCUT2D eigenvalue weighted by Gasteiger charge is -2.19. The van der Waals surface area contributed by atoms with Gasteiger partial charge in [0.25, 0.3) is 0 Å². The Bertz CT molecular complexity index is 1080. The molecule has 0 saturated carbocycles. The second-order valence-electron chi connectivity index (χ2n) is 7.41. The number of imidazole rings is 1. The fraction of sp³-hybridized carbons (Fsp3) is 0.217. The number of nitrogens with one attached hydrogen (secondary N) is 3. The van der Waals surface area contributed by atoms with E-state index in [0.717, 1.165) is 22.3 Å². The third kappa shape index (κ3) is 4.61. The van der Waals surface area contributed by atoms with Gasteiger partial charge in [-0.25, -0.2) is 9.78 Å². The van der Waals surface area contributed by atoms with Gasteiger partial charge in [-0.2, -0.15) is 0 Å². The molecule has 1 aromatic heterocycles. The van der Waals surface area contributed by atoms with Crippen LogP contribution >= 0.6 is 0 Å². The smallest absolute Gasteiger partial charge is 0.407 e. The predicted molar refractivity (Wildman–Crippen MR) is 115 cm³/mol. The van der Waals surface area contributed by atoms with Crippen molar-refractivity contribution in [2.75, 3.05) is 13.2 Å². The number of nitrogens with zero attached hydrogens (tertiary/aromatic N) is 1. The third-order valence-electron chi connectivity index (χ3n) is 5.34. The van der Waals surface area contributed by atoms with Crippen molar-refractivity contribution in [3.63, 3.8) is 0 Å². The Morgan fingerprint density at radius 2 is 1.72 bits per heavy atom. The summed E-state index contributed by atoms with van der Waals surface area (Å²) in [7, 11) is 0. The van der Waals surface area contributed by atoms with Crippen LogP contribution < -0.4 is 10.6 Å². The number of benzene rings is 2. The SMILES string of the molecule is O=C(O)CNC(=O)[C@@H](Cc1cnc[nH]1)NC(=O)OCC1c2ccccc2-c2ccccc21. The Morgan fingerprint density at radius 3 is 2.31 bits per heavy atom. The van der Waals surface area contributed by atoms with E-state index in [1.807, 2.05) is 48.5 Å². The molecule has 0 spiro atoms. The molecule has 1 aliphatic carbocycles. The number of fused-ring (bicyclic) bond motifs is 3. The van der Waals surface area contributed by atoms with E-state index in [-0.39, 0.29) is 18.9 Å². The molecule has 0 unspecified atom stereocenters. The van der Waals surface area contributed by atoms with Crippen molar-refractivity contribution < 1.29 is 24.2 Å². The van der Waals surface area contributed by atoms with Crippen molar-refractivity contribution in [2.45, 2.75) is 18.4 Å².